The van der Waals surface area contributed by atoms with Gasteiger partial charge in [-0.15, -0.1) is 0 Å². The van der Waals surface area contributed by atoms with Crippen LogP contribution >= 0.6 is 11.6 Å². The molecule has 1 amide bonds. The van der Waals surface area contributed by atoms with Crippen molar-refractivity contribution < 1.29 is 23.1 Å². The van der Waals surface area contributed by atoms with Crippen molar-refractivity contribution in [1.29, 1.82) is 0 Å². The van der Waals surface area contributed by atoms with Crippen LogP contribution in [0.25, 0.3) is 0 Å². The summed E-state index contributed by atoms with van der Waals surface area (Å²) in [6.45, 7) is -0.659. The smallest absolute Gasteiger partial charge is 0.341 e. The third kappa shape index (κ3) is 4.75. The zero-order chi connectivity index (χ0) is 16.8. The highest BCUT2D eigenvalue weighted by Crippen LogP contribution is 2.15. The molecule has 0 atom stereocenters. The van der Waals surface area contributed by atoms with E-state index in [9.17, 15) is 18.4 Å². The Morgan fingerprint density at radius 2 is 1.83 bits per heavy atom. The van der Waals surface area contributed by atoms with Gasteiger partial charge < -0.3 is 10.1 Å². The summed E-state index contributed by atoms with van der Waals surface area (Å²) in [5, 5.41) is 2.57. The molecule has 0 aromatic heterocycles. The number of rotatable bonds is 5. The van der Waals surface area contributed by atoms with E-state index < -0.39 is 30.1 Å². The SMILES string of the molecule is O=C(COC(=O)c1cc(Cl)ccc1F)NCc1ccccc1F. The first kappa shape index (κ1) is 16.9. The van der Waals surface area contributed by atoms with Gasteiger partial charge in [0.1, 0.15) is 11.6 Å². The van der Waals surface area contributed by atoms with Crippen LogP contribution in [0.1, 0.15) is 15.9 Å². The molecule has 2 aromatic carbocycles. The highest BCUT2D eigenvalue weighted by Gasteiger charge is 2.15. The fourth-order valence-corrected chi connectivity index (χ4v) is 1.92. The Balaban J connectivity index is 1.86. The maximum Gasteiger partial charge on any atom is 0.341 e. The van der Waals surface area contributed by atoms with Gasteiger partial charge in [0.15, 0.2) is 6.61 Å². The Morgan fingerprint density at radius 1 is 1.09 bits per heavy atom. The predicted octanol–water partition coefficient (Wildman–Crippen LogP) is 3.09. The fraction of sp³-hybridized carbons (Fsp3) is 0.125. The van der Waals surface area contributed by atoms with Crippen LogP contribution < -0.4 is 5.32 Å². The van der Waals surface area contributed by atoms with Crippen LogP contribution in [-0.2, 0) is 16.1 Å². The summed E-state index contributed by atoms with van der Waals surface area (Å²) in [6.07, 6.45) is 0. The van der Waals surface area contributed by atoms with Gasteiger partial charge in [0, 0.05) is 17.1 Å². The van der Waals surface area contributed by atoms with E-state index in [-0.39, 0.29) is 17.1 Å². The molecular weight excluding hydrogens is 328 g/mol. The van der Waals surface area contributed by atoms with Crippen LogP contribution in [0.2, 0.25) is 5.02 Å². The van der Waals surface area contributed by atoms with Gasteiger partial charge in [0.2, 0.25) is 0 Å². The molecule has 0 aliphatic carbocycles. The minimum Gasteiger partial charge on any atom is -0.452 e. The monoisotopic (exact) mass is 339 g/mol. The number of benzene rings is 2. The molecule has 23 heavy (non-hydrogen) atoms. The van der Waals surface area contributed by atoms with Gasteiger partial charge >= 0.3 is 5.97 Å². The van der Waals surface area contributed by atoms with Crippen LogP contribution in [0.3, 0.4) is 0 Å². The Bertz CT molecular complexity index is 737. The molecule has 120 valence electrons. The van der Waals surface area contributed by atoms with Crippen molar-refractivity contribution >= 4 is 23.5 Å². The van der Waals surface area contributed by atoms with Crippen molar-refractivity contribution in [2.24, 2.45) is 0 Å². The van der Waals surface area contributed by atoms with E-state index in [0.717, 1.165) is 12.1 Å². The molecule has 0 spiro atoms. The molecule has 0 heterocycles. The number of hydrogen-bond donors (Lipinski definition) is 1. The Morgan fingerprint density at radius 3 is 2.57 bits per heavy atom. The lowest BCUT2D eigenvalue weighted by molar-refractivity contribution is -0.124. The van der Waals surface area contributed by atoms with Crippen LogP contribution in [0, 0.1) is 11.6 Å². The molecule has 2 aromatic rings. The number of carbonyl (C=O) groups is 2. The van der Waals surface area contributed by atoms with Gasteiger partial charge in [0.05, 0.1) is 5.56 Å². The second kappa shape index (κ2) is 7.69. The van der Waals surface area contributed by atoms with Crippen molar-refractivity contribution in [2.45, 2.75) is 6.54 Å². The van der Waals surface area contributed by atoms with Gasteiger partial charge in [-0.25, -0.2) is 13.6 Å². The Hall–Kier alpha value is -2.47. The van der Waals surface area contributed by atoms with Gasteiger partial charge in [-0.1, -0.05) is 29.8 Å². The molecule has 0 fully saturated rings. The number of amides is 1. The van der Waals surface area contributed by atoms with Gasteiger partial charge in [-0.05, 0) is 24.3 Å². The van der Waals surface area contributed by atoms with Crippen LogP contribution in [0.15, 0.2) is 42.5 Å². The highest BCUT2D eigenvalue weighted by molar-refractivity contribution is 6.30. The van der Waals surface area contributed by atoms with E-state index in [1.54, 1.807) is 6.07 Å². The molecule has 0 aliphatic rings. The van der Waals surface area contributed by atoms with Crippen molar-refractivity contribution in [2.75, 3.05) is 6.61 Å². The molecule has 0 radical (unpaired) electrons. The maximum atomic E-state index is 13.5. The van der Waals surface area contributed by atoms with E-state index in [1.165, 1.54) is 24.3 Å². The zero-order valence-electron chi connectivity index (χ0n) is 11.8. The average molecular weight is 340 g/mol. The number of nitrogens with one attached hydrogen (secondary N) is 1. The molecule has 1 N–H and O–H groups in total. The number of ether oxygens (including phenoxy) is 1. The predicted molar refractivity (Wildman–Crippen MR) is 79.9 cm³/mol. The number of carbonyl (C=O) groups excluding carboxylic acids is 2. The normalized spacial score (nSPS) is 10.2. The maximum absolute atomic E-state index is 13.5. The molecule has 0 aliphatic heterocycles. The summed E-state index contributed by atoms with van der Waals surface area (Å²) in [6, 6.07) is 9.36. The van der Waals surface area contributed by atoms with Crippen LogP contribution in [0.4, 0.5) is 8.78 Å². The zero-order valence-corrected chi connectivity index (χ0v) is 12.6. The first-order valence-corrected chi connectivity index (χ1v) is 6.97. The van der Waals surface area contributed by atoms with Crippen LogP contribution in [0.5, 0.6) is 0 Å². The summed E-state index contributed by atoms with van der Waals surface area (Å²) in [7, 11) is 0. The largest absolute Gasteiger partial charge is 0.452 e. The standard InChI is InChI=1S/C16H12ClF2NO3/c17-11-5-6-14(19)12(7-11)16(22)23-9-15(21)20-8-10-3-1-2-4-13(10)18/h1-7H,8-9H2,(H,20,21). The first-order valence-electron chi connectivity index (χ1n) is 6.59. The topological polar surface area (TPSA) is 55.4 Å². The Kier molecular flexibility index (Phi) is 5.65. The Labute approximate surface area is 136 Å². The lowest BCUT2D eigenvalue weighted by Crippen LogP contribution is -2.28. The summed E-state index contributed by atoms with van der Waals surface area (Å²) < 4.78 is 31.5. The van der Waals surface area contributed by atoms with E-state index >= 15 is 0 Å². The average Bonchev–Trinajstić information content (AvgIpc) is 2.54. The third-order valence-electron chi connectivity index (χ3n) is 2.92. The van der Waals surface area contributed by atoms with Crippen molar-refractivity contribution in [3.05, 3.63) is 70.2 Å². The molecule has 2 rings (SSSR count). The van der Waals surface area contributed by atoms with Gasteiger partial charge in [-0.3, -0.25) is 4.79 Å². The molecule has 0 unspecified atom stereocenters. The lowest BCUT2D eigenvalue weighted by Gasteiger charge is -2.08. The first-order chi connectivity index (χ1) is 11.0. The van der Waals surface area contributed by atoms with E-state index in [2.05, 4.69) is 5.32 Å². The summed E-state index contributed by atoms with van der Waals surface area (Å²) in [4.78, 5) is 23.3. The molecular formula is C16H12ClF2NO3. The van der Waals surface area contributed by atoms with Crippen molar-refractivity contribution in [3.63, 3.8) is 0 Å². The molecule has 7 heteroatoms. The van der Waals surface area contributed by atoms with E-state index in [0.29, 0.717) is 5.56 Å². The van der Waals surface area contributed by atoms with Crippen molar-refractivity contribution in [1.82, 2.24) is 5.32 Å². The third-order valence-corrected chi connectivity index (χ3v) is 3.15. The number of esters is 1. The molecule has 0 bridgehead atoms. The number of halogens is 3. The minimum absolute atomic E-state index is 0.0470. The minimum atomic E-state index is -1.01. The molecule has 0 saturated heterocycles. The van der Waals surface area contributed by atoms with Crippen LogP contribution in [-0.4, -0.2) is 18.5 Å². The molecule has 0 saturated carbocycles. The highest BCUT2D eigenvalue weighted by atomic mass is 35.5. The van der Waals surface area contributed by atoms with E-state index in [4.69, 9.17) is 16.3 Å². The lowest BCUT2D eigenvalue weighted by atomic mass is 10.2. The second-order valence-electron chi connectivity index (χ2n) is 4.57. The second-order valence-corrected chi connectivity index (χ2v) is 5.00. The summed E-state index contributed by atoms with van der Waals surface area (Å²) in [5.41, 5.74) is -0.0625. The summed E-state index contributed by atoms with van der Waals surface area (Å²) >= 11 is 5.67. The van der Waals surface area contributed by atoms with E-state index in [1.807, 2.05) is 0 Å². The van der Waals surface area contributed by atoms with Gasteiger partial charge in [-0.2, -0.15) is 0 Å². The summed E-state index contributed by atoms with van der Waals surface area (Å²) in [5.74, 6) is -2.90. The molecule has 4 nitrogen and oxygen atoms in total. The fourth-order valence-electron chi connectivity index (χ4n) is 1.75. The number of hydrogen-bond acceptors (Lipinski definition) is 3. The van der Waals surface area contributed by atoms with Crippen molar-refractivity contribution in [3.8, 4) is 0 Å². The van der Waals surface area contributed by atoms with Gasteiger partial charge in [0.25, 0.3) is 5.91 Å². The quantitative estimate of drug-likeness (QED) is 0.852.